The minimum absolute atomic E-state index is 0.114. The van der Waals surface area contributed by atoms with Gasteiger partial charge < -0.3 is 4.90 Å². The molecule has 0 unspecified atom stereocenters. The van der Waals surface area contributed by atoms with Crippen LogP contribution in [0.5, 0.6) is 0 Å². The molecule has 1 aliphatic carbocycles. The molecule has 0 spiro atoms. The largest absolute Gasteiger partial charge is 0.301 e. The number of alkyl halides is 1. The van der Waals surface area contributed by atoms with Crippen LogP contribution in [0.3, 0.4) is 0 Å². The molecule has 2 aliphatic rings. The monoisotopic (exact) mass is 294 g/mol. The van der Waals surface area contributed by atoms with E-state index in [4.69, 9.17) is 11.6 Å². The predicted octanol–water partition coefficient (Wildman–Crippen LogP) is 1.51. The van der Waals surface area contributed by atoms with Gasteiger partial charge >= 0.3 is 0 Å². The third-order valence-corrected chi connectivity index (χ3v) is 6.60. The van der Waals surface area contributed by atoms with Crippen LogP contribution >= 0.6 is 11.6 Å². The Hall–Kier alpha value is 0.160. The minimum Gasteiger partial charge on any atom is -0.301 e. The number of nitrogens with zero attached hydrogens (tertiary/aromatic N) is 2. The Bertz CT molecular complexity index is 355. The van der Waals surface area contributed by atoms with Gasteiger partial charge in [0.25, 0.3) is 0 Å². The molecular weight excluding hydrogens is 272 g/mol. The predicted molar refractivity (Wildman–Crippen MR) is 74.5 cm³/mol. The standard InChI is InChI=1S/C12H23ClN2O2S/c13-6-9-14-7-3-8-15(11-10-14)18(16,17)12-4-1-2-5-12/h12H,1-11H2. The first-order valence-electron chi connectivity index (χ1n) is 6.92. The summed E-state index contributed by atoms with van der Waals surface area (Å²) in [6, 6.07) is 0. The highest BCUT2D eigenvalue weighted by Gasteiger charge is 2.34. The lowest BCUT2D eigenvalue weighted by atomic mass is 10.4. The van der Waals surface area contributed by atoms with Crippen molar-refractivity contribution in [3.8, 4) is 0 Å². The summed E-state index contributed by atoms with van der Waals surface area (Å²) in [6.45, 7) is 3.95. The van der Waals surface area contributed by atoms with Gasteiger partial charge in [0.1, 0.15) is 0 Å². The number of hydrogen-bond acceptors (Lipinski definition) is 3. The van der Waals surface area contributed by atoms with E-state index >= 15 is 0 Å². The van der Waals surface area contributed by atoms with Crippen molar-refractivity contribution in [3.05, 3.63) is 0 Å². The van der Waals surface area contributed by atoms with Crippen molar-refractivity contribution in [2.24, 2.45) is 0 Å². The van der Waals surface area contributed by atoms with Gasteiger partial charge in [-0.05, 0) is 25.8 Å². The first kappa shape index (κ1) is 14.6. The van der Waals surface area contributed by atoms with Gasteiger partial charge in [0, 0.05) is 32.1 Å². The molecule has 0 atom stereocenters. The Kier molecular flexibility index (Phi) is 5.30. The minimum atomic E-state index is -3.05. The number of rotatable bonds is 4. The lowest BCUT2D eigenvalue weighted by Crippen LogP contribution is -2.40. The molecule has 0 aromatic heterocycles. The highest BCUT2D eigenvalue weighted by molar-refractivity contribution is 7.89. The van der Waals surface area contributed by atoms with Gasteiger partial charge in [0.05, 0.1) is 5.25 Å². The van der Waals surface area contributed by atoms with Gasteiger partial charge in [-0.1, -0.05) is 12.8 Å². The molecule has 6 heteroatoms. The molecule has 0 aromatic carbocycles. The molecule has 2 rings (SSSR count). The van der Waals surface area contributed by atoms with E-state index in [0.717, 1.165) is 51.7 Å². The molecule has 4 nitrogen and oxygen atoms in total. The van der Waals surface area contributed by atoms with Gasteiger partial charge in [-0.2, -0.15) is 0 Å². The molecule has 18 heavy (non-hydrogen) atoms. The normalized spacial score (nSPS) is 25.4. The van der Waals surface area contributed by atoms with Crippen LogP contribution in [-0.4, -0.2) is 61.5 Å². The van der Waals surface area contributed by atoms with E-state index in [1.54, 1.807) is 4.31 Å². The summed E-state index contributed by atoms with van der Waals surface area (Å²) in [4.78, 5) is 2.26. The van der Waals surface area contributed by atoms with Crippen molar-refractivity contribution < 1.29 is 8.42 Å². The zero-order chi connectivity index (χ0) is 13.0. The summed E-state index contributed by atoms with van der Waals surface area (Å²) in [5.74, 6) is 0.620. The Morgan fingerprint density at radius 2 is 1.72 bits per heavy atom. The van der Waals surface area contributed by atoms with Crippen LogP contribution in [0, 0.1) is 0 Å². The van der Waals surface area contributed by atoms with Crippen molar-refractivity contribution in [3.63, 3.8) is 0 Å². The molecule has 0 N–H and O–H groups in total. The van der Waals surface area contributed by atoms with E-state index in [2.05, 4.69) is 4.90 Å². The lowest BCUT2D eigenvalue weighted by molar-refractivity contribution is 0.303. The van der Waals surface area contributed by atoms with Crippen molar-refractivity contribution in [2.45, 2.75) is 37.4 Å². The summed E-state index contributed by atoms with van der Waals surface area (Å²) in [5.41, 5.74) is 0. The van der Waals surface area contributed by atoms with E-state index in [0.29, 0.717) is 19.0 Å². The second kappa shape index (κ2) is 6.55. The third kappa shape index (κ3) is 3.38. The van der Waals surface area contributed by atoms with E-state index < -0.39 is 10.0 Å². The van der Waals surface area contributed by atoms with Crippen LogP contribution < -0.4 is 0 Å². The first-order valence-corrected chi connectivity index (χ1v) is 8.95. The Balaban J connectivity index is 1.96. The third-order valence-electron chi connectivity index (χ3n) is 4.03. The van der Waals surface area contributed by atoms with Crippen LogP contribution in [-0.2, 0) is 10.0 Å². The van der Waals surface area contributed by atoms with Crippen LogP contribution in [0.25, 0.3) is 0 Å². The molecule has 1 aliphatic heterocycles. The molecular formula is C12H23ClN2O2S. The Labute approximate surface area is 115 Å². The van der Waals surface area contributed by atoms with Crippen LogP contribution in [0.1, 0.15) is 32.1 Å². The summed E-state index contributed by atoms with van der Waals surface area (Å²) < 4.78 is 26.7. The maximum absolute atomic E-state index is 12.5. The van der Waals surface area contributed by atoms with Crippen LogP contribution in [0.15, 0.2) is 0 Å². The fraction of sp³-hybridized carbons (Fsp3) is 1.00. The average molecular weight is 295 g/mol. The van der Waals surface area contributed by atoms with Gasteiger partial charge in [0.2, 0.25) is 10.0 Å². The highest BCUT2D eigenvalue weighted by Crippen LogP contribution is 2.27. The zero-order valence-electron chi connectivity index (χ0n) is 10.9. The molecule has 1 heterocycles. The van der Waals surface area contributed by atoms with Crippen LogP contribution in [0.4, 0.5) is 0 Å². The molecule has 0 bridgehead atoms. The van der Waals surface area contributed by atoms with E-state index in [1.165, 1.54) is 0 Å². The maximum atomic E-state index is 12.5. The van der Waals surface area contributed by atoms with Gasteiger partial charge in [-0.15, -0.1) is 11.6 Å². The van der Waals surface area contributed by atoms with E-state index in [1.807, 2.05) is 0 Å². The second-order valence-corrected chi connectivity index (χ2v) is 7.83. The fourth-order valence-corrected chi connectivity index (χ4v) is 5.25. The summed E-state index contributed by atoms with van der Waals surface area (Å²) in [5, 5.41) is -0.114. The van der Waals surface area contributed by atoms with Crippen molar-refractivity contribution >= 4 is 21.6 Å². The molecule has 1 saturated heterocycles. The SMILES string of the molecule is O=S(=O)(C1CCCC1)N1CCCN(CCCl)CC1. The van der Waals surface area contributed by atoms with Crippen molar-refractivity contribution in [1.29, 1.82) is 0 Å². The van der Waals surface area contributed by atoms with Gasteiger partial charge in [0.15, 0.2) is 0 Å². The maximum Gasteiger partial charge on any atom is 0.217 e. The summed E-state index contributed by atoms with van der Waals surface area (Å²) >= 11 is 5.74. The molecule has 0 aromatic rings. The van der Waals surface area contributed by atoms with Crippen molar-refractivity contribution in [2.75, 3.05) is 38.6 Å². The molecule has 2 fully saturated rings. The fourth-order valence-electron chi connectivity index (χ4n) is 2.94. The molecule has 106 valence electrons. The van der Waals surface area contributed by atoms with Crippen molar-refractivity contribution in [1.82, 2.24) is 9.21 Å². The highest BCUT2D eigenvalue weighted by atomic mass is 35.5. The Morgan fingerprint density at radius 1 is 1.00 bits per heavy atom. The summed E-state index contributed by atoms with van der Waals surface area (Å²) in [6.07, 6.45) is 4.75. The molecule has 0 radical (unpaired) electrons. The number of halogens is 1. The van der Waals surface area contributed by atoms with E-state index in [-0.39, 0.29) is 5.25 Å². The van der Waals surface area contributed by atoms with Crippen LogP contribution in [0.2, 0.25) is 0 Å². The van der Waals surface area contributed by atoms with Gasteiger partial charge in [-0.3, -0.25) is 0 Å². The van der Waals surface area contributed by atoms with Gasteiger partial charge in [-0.25, -0.2) is 12.7 Å². The Morgan fingerprint density at radius 3 is 2.39 bits per heavy atom. The number of sulfonamides is 1. The van der Waals surface area contributed by atoms with E-state index in [9.17, 15) is 8.42 Å². The average Bonchev–Trinajstić information content (AvgIpc) is 2.78. The molecule has 0 amide bonds. The molecule has 1 saturated carbocycles. The first-order chi connectivity index (χ1) is 8.64. The quantitative estimate of drug-likeness (QED) is 0.738. The number of hydrogen-bond donors (Lipinski definition) is 0. The smallest absolute Gasteiger partial charge is 0.217 e. The lowest BCUT2D eigenvalue weighted by Gasteiger charge is -2.24. The summed E-state index contributed by atoms with van der Waals surface area (Å²) in [7, 11) is -3.05. The zero-order valence-corrected chi connectivity index (χ0v) is 12.4. The second-order valence-electron chi connectivity index (χ2n) is 5.23. The topological polar surface area (TPSA) is 40.6 Å².